The van der Waals surface area contributed by atoms with Crippen molar-refractivity contribution >= 4 is 28.7 Å². The van der Waals surface area contributed by atoms with Gasteiger partial charge >= 0.3 is 5.97 Å². The third kappa shape index (κ3) is 11.4. The van der Waals surface area contributed by atoms with Gasteiger partial charge in [0.05, 0.1) is 40.1 Å². The molecule has 0 unspecified atom stereocenters. The van der Waals surface area contributed by atoms with E-state index in [9.17, 15) is 4.79 Å². The van der Waals surface area contributed by atoms with E-state index in [0.29, 0.717) is 33.0 Å². The minimum absolute atomic E-state index is 0.0564. The number of hydrogen-bond donors (Lipinski definition) is 0. The normalized spacial score (nSPS) is 13.4. The Morgan fingerprint density at radius 1 is 0.806 bits per heavy atom. The number of carbonyl (C=O) groups is 1. The molecule has 0 atom stereocenters. The maximum Gasteiger partial charge on any atom is 0.331 e. The molecule has 0 heterocycles. The van der Waals surface area contributed by atoms with Crippen LogP contribution in [0.3, 0.4) is 0 Å². The van der Waals surface area contributed by atoms with Gasteiger partial charge in [0.25, 0.3) is 0 Å². The number of hydrogen-bond acceptors (Lipinski definition) is 6. The fraction of sp³-hybridized carbons (Fsp3) is 0.679. The van der Waals surface area contributed by atoms with Crippen molar-refractivity contribution in [3.63, 3.8) is 0 Å². The van der Waals surface area contributed by atoms with Gasteiger partial charge in [-0.2, -0.15) is 0 Å². The molecule has 0 saturated carbocycles. The zero-order valence-corrected chi connectivity index (χ0v) is 26.6. The van der Waals surface area contributed by atoms with Crippen LogP contribution in [0.25, 0.3) is 6.08 Å². The highest BCUT2D eigenvalue weighted by Crippen LogP contribution is 2.38. The first-order valence-corrected chi connectivity index (χ1v) is 18.6. The predicted octanol–water partition coefficient (Wildman–Crippen LogP) is 6.95. The lowest BCUT2D eigenvalue weighted by molar-refractivity contribution is -0.146. The van der Waals surface area contributed by atoms with Gasteiger partial charge in [-0.25, -0.2) is 4.79 Å². The summed E-state index contributed by atoms with van der Waals surface area (Å²) in [5, 5.41) is 0.327. The Balaban J connectivity index is 2.87. The Labute approximate surface area is 222 Å². The molecule has 206 valence electrons. The van der Waals surface area contributed by atoms with Crippen LogP contribution >= 0.6 is 0 Å². The summed E-state index contributed by atoms with van der Waals surface area (Å²) in [6.07, 6.45) is 4.06. The highest BCUT2D eigenvalue weighted by Gasteiger charge is 2.38. The van der Waals surface area contributed by atoms with Crippen LogP contribution in [0.15, 0.2) is 24.3 Å². The summed E-state index contributed by atoms with van der Waals surface area (Å²) in [6, 6.07) is 6.57. The van der Waals surface area contributed by atoms with E-state index in [0.717, 1.165) is 16.7 Å². The summed E-state index contributed by atoms with van der Waals surface area (Å²) in [7, 11) is -2.37. The lowest BCUT2D eigenvalue weighted by atomic mass is 10.1. The van der Waals surface area contributed by atoms with E-state index >= 15 is 0 Å². The highest BCUT2D eigenvalue weighted by atomic mass is 28.4. The van der Waals surface area contributed by atoms with E-state index < -0.39 is 16.6 Å². The standard InChI is InChI=1S/C28H50O6Si2/c1-27(2,3)35(8,9)33-20-24-17-23(13-12-14-31-15-16-32-22-26(29)30-7)18-25(19-24)21-34-36(10,11)28(4,5)6/h12-13,17-19H,14-16,20-22H2,1-11H3/b13-12+. The van der Waals surface area contributed by atoms with Crippen molar-refractivity contribution in [2.45, 2.75) is 91.0 Å². The van der Waals surface area contributed by atoms with Crippen molar-refractivity contribution in [3.05, 3.63) is 41.0 Å². The zero-order chi connectivity index (χ0) is 27.6. The van der Waals surface area contributed by atoms with Crippen molar-refractivity contribution in [2.75, 3.05) is 33.5 Å². The van der Waals surface area contributed by atoms with Gasteiger partial charge in [-0.15, -0.1) is 0 Å². The topological polar surface area (TPSA) is 63.2 Å². The van der Waals surface area contributed by atoms with Gasteiger partial charge in [-0.1, -0.05) is 59.8 Å². The Bertz CT molecular complexity index is 802. The average molecular weight is 539 g/mol. The molecule has 1 aromatic carbocycles. The second-order valence-electron chi connectivity index (χ2n) is 12.3. The molecule has 1 rings (SSSR count). The molecule has 0 aromatic heterocycles. The van der Waals surface area contributed by atoms with E-state index in [1.807, 2.05) is 6.08 Å². The molecule has 1 aromatic rings. The van der Waals surface area contributed by atoms with Gasteiger partial charge in [-0.3, -0.25) is 0 Å². The Morgan fingerprint density at radius 3 is 1.72 bits per heavy atom. The highest BCUT2D eigenvalue weighted by molar-refractivity contribution is 6.74. The van der Waals surface area contributed by atoms with Crippen LogP contribution in [-0.2, 0) is 41.1 Å². The number of methoxy groups -OCH3 is 1. The molecular weight excluding hydrogens is 488 g/mol. The second-order valence-corrected chi connectivity index (χ2v) is 21.9. The first kappa shape index (κ1) is 32.7. The molecule has 0 fully saturated rings. The van der Waals surface area contributed by atoms with Crippen molar-refractivity contribution in [2.24, 2.45) is 0 Å². The number of carbonyl (C=O) groups excluding carboxylic acids is 1. The first-order chi connectivity index (χ1) is 16.5. The molecule has 0 aliphatic rings. The Hall–Kier alpha value is -1.30. The molecule has 0 saturated heterocycles. The maximum absolute atomic E-state index is 11.0. The smallest absolute Gasteiger partial charge is 0.331 e. The average Bonchev–Trinajstić information content (AvgIpc) is 2.76. The van der Waals surface area contributed by atoms with Crippen LogP contribution < -0.4 is 0 Å². The van der Waals surface area contributed by atoms with Crippen LogP contribution in [0.4, 0.5) is 0 Å². The molecule has 0 radical (unpaired) electrons. The van der Waals surface area contributed by atoms with Crippen molar-refractivity contribution in [1.29, 1.82) is 0 Å². The quantitative estimate of drug-likeness (QED) is 0.145. The van der Waals surface area contributed by atoms with E-state index in [1.165, 1.54) is 7.11 Å². The number of rotatable bonds is 14. The summed E-state index contributed by atoms with van der Waals surface area (Å²) in [6.45, 7) is 25.0. The van der Waals surface area contributed by atoms with Crippen molar-refractivity contribution in [1.82, 2.24) is 0 Å². The zero-order valence-electron chi connectivity index (χ0n) is 24.6. The van der Waals surface area contributed by atoms with Crippen LogP contribution in [0.5, 0.6) is 0 Å². The molecule has 36 heavy (non-hydrogen) atoms. The van der Waals surface area contributed by atoms with Gasteiger partial charge in [0, 0.05) is 0 Å². The summed E-state index contributed by atoms with van der Waals surface area (Å²) in [5.41, 5.74) is 3.42. The van der Waals surface area contributed by atoms with E-state index in [1.54, 1.807) is 0 Å². The third-order valence-corrected chi connectivity index (χ3v) is 16.2. The fourth-order valence-corrected chi connectivity index (χ4v) is 4.60. The summed E-state index contributed by atoms with van der Waals surface area (Å²) < 4.78 is 28.3. The molecule has 0 N–H and O–H groups in total. The minimum Gasteiger partial charge on any atom is -0.467 e. The molecule has 0 spiro atoms. The van der Waals surface area contributed by atoms with E-state index in [4.69, 9.17) is 18.3 Å². The summed E-state index contributed by atoms with van der Waals surface area (Å²) >= 11 is 0. The van der Waals surface area contributed by atoms with Gasteiger partial charge in [-0.05, 0) is 65.1 Å². The molecule has 0 aliphatic heterocycles. The third-order valence-electron chi connectivity index (χ3n) is 7.23. The molecule has 0 amide bonds. The van der Waals surface area contributed by atoms with Crippen LogP contribution in [0.1, 0.15) is 58.2 Å². The summed E-state index contributed by atoms with van der Waals surface area (Å²) in [5.74, 6) is -0.388. The summed E-state index contributed by atoms with van der Waals surface area (Å²) in [4.78, 5) is 11.0. The maximum atomic E-state index is 11.0. The molecule has 6 nitrogen and oxygen atoms in total. The Kier molecular flexibility index (Phi) is 12.7. The SMILES string of the molecule is COC(=O)COCCOC/C=C/c1cc(CO[Si](C)(C)C(C)(C)C)cc(CO[Si](C)(C)C(C)(C)C)c1. The lowest BCUT2D eigenvalue weighted by Crippen LogP contribution is -2.40. The number of ether oxygens (including phenoxy) is 3. The molecular formula is C28H50O6Si2. The van der Waals surface area contributed by atoms with Gasteiger partial charge in [0.1, 0.15) is 6.61 Å². The largest absolute Gasteiger partial charge is 0.467 e. The fourth-order valence-electron chi connectivity index (χ4n) is 2.68. The first-order valence-electron chi connectivity index (χ1n) is 12.8. The minimum atomic E-state index is -1.86. The van der Waals surface area contributed by atoms with Crippen molar-refractivity contribution < 1.29 is 27.9 Å². The number of benzene rings is 1. The van der Waals surface area contributed by atoms with Crippen LogP contribution in [-0.4, -0.2) is 56.1 Å². The molecule has 8 heteroatoms. The van der Waals surface area contributed by atoms with Gasteiger partial charge in [0.2, 0.25) is 0 Å². The van der Waals surface area contributed by atoms with Gasteiger partial charge in [0.15, 0.2) is 16.6 Å². The van der Waals surface area contributed by atoms with Gasteiger partial charge < -0.3 is 23.1 Å². The number of esters is 1. The predicted molar refractivity (Wildman–Crippen MR) is 153 cm³/mol. The molecule has 0 aliphatic carbocycles. The van der Waals surface area contributed by atoms with E-state index in [2.05, 4.69) is 96.7 Å². The Morgan fingerprint density at radius 2 is 1.28 bits per heavy atom. The monoisotopic (exact) mass is 538 g/mol. The second kappa shape index (κ2) is 14.0. The lowest BCUT2D eigenvalue weighted by Gasteiger charge is -2.36. The van der Waals surface area contributed by atoms with Crippen molar-refractivity contribution in [3.8, 4) is 0 Å². The van der Waals surface area contributed by atoms with E-state index in [-0.39, 0.29) is 22.7 Å². The van der Waals surface area contributed by atoms with Crippen LogP contribution in [0.2, 0.25) is 36.3 Å². The van der Waals surface area contributed by atoms with Crippen LogP contribution in [0, 0.1) is 0 Å². The molecule has 0 bridgehead atoms.